The first kappa shape index (κ1) is 10.3. The summed E-state index contributed by atoms with van der Waals surface area (Å²) < 4.78 is 5.19. The number of para-hydroxylation sites is 1. The number of methoxy groups -OCH3 is 1. The monoisotopic (exact) mass is 217 g/mol. The maximum absolute atomic E-state index is 10.4. The van der Waals surface area contributed by atoms with Crippen LogP contribution in [-0.4, -0.2) is 23.2 Å². The molecule has 1 heterocycles. The SMILES string of the molecule is COc1cccc2cc(/C=C/C(=O)O)[nH]c12. The number of rotatable bonds is 3. The molecule has 0 unspecified atom stereocenters. The molecular formula is C12H11NO3. The van der Waals surface area contributed by atoms with Gasteiger partial charge in [-0.05, 0) is 18.2 Å². The average molecular weight is 217 g/mol. The number of nitrogens with one attached hydrogen (secondary N) is 1. The first-order chi connectivity index (χ1) is 7.70. The Bertz CT molecular complexity index is 554. The van der Waals surface area contributed by atoms with Gasteiger partial charge in [-0.25, -0.2) is 4.79 Å². The molecule has 0 bridgehead atoms. The third-order valence-corrected chi connectivity index (χ3v) is 2.26. The van der Waals surface area contributed by atoms with Gasteiger partial charge in [-0.15, -0.1) is 0 Å². The Labute approximate surface area is 92.2 Å². The summed E-state index contributed by atoms with van der Waals surface area (Å²) in [4.78, 5) is 13.5. The number of carboxylic acids is 1. The van der Waals surface area contributed by atoms with Crippen molar-refractivity contribution in [3.63, 3.8) is 0 Å². The fraction of sp³-hybridized carbons (Fsp3) is 0.0833. The maximum Gasteiger partial charge on any atom is 0.328 e. The number of carbonyl (C=O) groups is 1. The largest absolute Gasteiger partial charge is 0.495 e. The molecule has 1 aromatic carbocycles. The lowest BCUT2D eigenvalue weighted by Crippen LogP contribution is -1.85. The first-order valence-electron chi connectivity index (χ1n) is 4.77. The zero-order valence-electron chi connectivity index (χ0n) is 8.73. The van der Waals surface area contributed by atoms with Crippen LogP contribution in [0.1, 0.15) is 5.69 Å². The summed E-state index contributed by atoms with van der Waals surface area (Å²) >= 11 is 0. The Morgan fingerprint density at radius 1 is 1.50 bits per heavy atom. The van der Waals surface area contributed by atoms with Crippen molar-refractivity contribution < 1.29 is 14.6 Å². The third kappa shape index (κ3) is 1.91. The van der Waals surface area contributed by atoms with Crippen molar-refractivity contribution >= 4 is 22.9 Å². The lowest BCUT2D eigenvalue weighted by atomic mass is 10.2. The lowest BCUT2D eigenvalue weighted by Gasteiger charge is -1.99. The fourth-order valence-corrected chi connectivity index (χ4v) is 1.57. The van der Waals surface area contributed by atoms with Crippen LogP contribution < -0.4 is 4.74 Å². The fourth-order valence-electron chi connectivity index (χ4n) is 1.57. The molecule has 0 saturated carbocycles. The molecule has 0 aliphatic rings. The lowest BCUT2D eigenvalue weighted by molar-refractivity contribution is -0.131. The summed E-state index contributed by atoms with van der Waals surface area (Å²) in [7, 11) is 1.60. The van der Waals surface area contributed by atoms with Gasteiger partial charge >= 0.3 is 5.97 Å². The molecule has 0 saturated heterocycles. The number of H-pyrrole nitrogens is 1. The van der Waals surface area contributed by atoms with Crippen molar-refractivity contribution in [2.45, 2.75) is 0 Å². The van der Waals surface area contributed by atoms with E-state index in [1.54, 1.807) is 7.11 Å². The zero-order valence-corrected chi connectivity index (χ0v) is 8.73. The van der Waals surface area contributed by atoms with Gasteiger partial charge in [0, 0.05) is 17.2 Å². The Hall–Kier alpha value is -2.23. The number of ether oxygens (including phenoxy) is 1. The minimum atomic E-state index is -0.967. The van der Waals surface area contributed by atoms with Crippen LogP contribution >= 0.6 is 0 Å². The van der Waals surface area contributed by atoms with Gasteiger partial charge in [-0.2, -0.15) is 0 Å². The van der Waals surface area contributed by atoms with Crippen molar-refractivity contribution in [1.29, 1.82) is 0 Å². The number of benzene rings is 1. The van der Waals surface area contributed by atoms with Crippen LogP contribution in [0.5, 0.6) is 5.75 Å². The standard InChI is InChI=1S/C12H11NO3/c1-16-10-4-2-3-8-7-9(13-12(8)10)5-6-11(14)15/h2-7,13H,1H3,(H,14,15)/b6-5+. The minimum absolute atomic E-state index is 0.738. The highest BCUT2D eigenvalue weighted by molar-refractivity contribution is 5.90. The van der Waals surface area contributed by atoms with E-state index in [0.717, 1.165) is 28.4 Å². The van der Waals surface area contributed by atoms with E-state index >= 15 is 0 Å². The minimum Gasteiger partial charge on any atom is -0.495 e. The second kappa shape index (κ2) is 4.10. The van der Waals surface area contributed by atoms with Crippen LogP contribution in [0.3, 0.4) is 0 Å². The third-order valence-electron chi connectivity index (χ3n) is 2.26. The summed E-state index contributed by atoms with van der Waals surface area (Å²) in [5.74, 6) is -0.224. The van der Waals surface area contributed by atoms with Crippen LogP contribution in [-0.2, 0) is 4.79 Å². The van der Waals surface area contributed by atoms with E-state index in [1.165, 1.54) is 6.08 Å². The molecule has 0 spiro atoms. The molecule has 2 N–H and O–H groups in total. The molecule has 0 atom stereocenters. The molecule has 4 nitrogen and oxygen atoms in total. The molecular weight excluding hydrogens is 206 g/mol. The topological polar surface area (TPSA) is 62.3 Å². The normalized spacial score (nSPS) is 11.1. The molecule has 0 radical (unpaired) electrons. The van der Waals surface area contributed by atoms with E-state index in [9.17, 15) is 4.79 Å². The molecule has 1 aromatic heterocycles. The van der Waals surface area contributed by atoms with Gasteiger partial charge in [0.15, 0.2) is 0 Å². The predicted molar refractivity (Wildman–Crippen MR) is 61.5 cm³/mol. The Kier molecular flexibility index (Phi) is 2.64. The molecule has 2 rings (SSSR count). The molecule has 0 aliphatic carbocycles. The highest BCUT2D eigenvalue weighted by atomic mass is 16.5. The van der Waals surface area contributed by atoms with Gasteiger partial charge in [0.2, 0.25) is 0 Å². The van der Waals surface area contributed by atoms with Crippen LogP contribution in [0.15, 0.2) is 30.3 Å². The first-order valence-corrected chi connectivity index (χ1v) is 4.77. The van der Waals surface area contributed by atoms with E-state index < -0.39 is 5.97 Å². The van der Waals surface area contributed by atoms with E-state index in [-0.39, 0.29) is 0 Å². The number of aromatic nitrogens is 1. The van der Waals surface area contributed by atoms with Crippen molar-refractivity contribution in [3.8, 4) is 5.75 Å². The molecule has 0 aliphatic heterocycles. The number of carboxylic acid groups (broad SMARTS) is 1. The van der Waals surface area contributed by atoms with E-state index in [2.05, 4.69) is 4.98 Å². The smallest absolute Gasteiger partial charge is 0.328 e. The molecule has 0 amide bonds. The van der Waals surface area contributed by atoms with Crippen LogP contribution in [0.25, 0.3) is 17.0 Å². The summed E-state index contributed by atoms with van der Waals surface area (Å²) in [6, 6.07) is 7.55. The zero-order chi connectivity index (χ0) is 11.5. The summed E-state index contributed by atoms with van der Waals surface area (Å²) in [5, 5.41) is 9.52. The van der Waals surface area contributed by atoms with Crippen molar-refractivity contribution in [2.75, 3.05) is 7.11 Å². The van der Waals surface area contributed by atoms with Crippen LogP contribution in [0, 0.1) is 0 Å². The van der Waals surface area contributed by atoms with E-state index in [1.807, 2.05) is 24.3 Å². The second-order valence-electron chi connectivity index (χ2n) is 3.32. The summed E-state index contributed by atoms with van der Waals surface area (Å²) in [6.07, 6.45) is 2.61. The Morgan fingerprint density at radius 2 is 2.31 bits per heavy atom. The van der Waals surface area contributed by atoms with Crippen molar-refractivity contribution in [3.05, 3.63) is 36.0 Å². The van der Waals surface area contributed by atoms with Crippen LogP contribution in [0.2, 0.25) is 0 Å². The molecule has 0 fully saturated rings. The van der Waals surface area contributed by atoms with Gasteiger partial charge in [0.25, 0.3) is 0 Å². The van der Waals surface area contributed by atoms with Crippen molar-refractivity contribution in [2.24, 2.45) is 0 Å². The van der Waals surface area contributed by atoms with Gasteiger partial charge in [-0.3, -0.25) is 0 Å². The van der Waals surface area contributed by atoms with Gasteiger partial charge < -0.3 is 14.8 Å². The predicted octanol–water partition coefficient (Wildman–Crippen LogP) is 2.27. The average Bonchev–Trinajstić information content (AvgIpc) is 2.68. The molecule has 82 valence electrons. The maximum atomic E-state index is 10.4. The number of hydrogen-bond donors (Lipinski definition) is 2. The molecule has 4 heteroatoms. The van der Waals surface area contributed by atoms with Crippen LogP contribution in [0.4, 0.5) is 0 Å². The van der Waals surface area contributed by atoms with Gasteiger partial charge in [0.1, 0.15) is 5.75 Å². The second-order valence-corrected chi connectivity index (χ2v) is 3.32. The Balaban J connectivity index is 2.47. The van der Waals surface area contributed by atoms with Gasteiger partial charge in [0.05, 0.1) is 12.6 Å². The quantitative estimate of drug-likeness (QED) is 0.775. The number of fused-ring (bicyclic) bond motifs is 1. The van der Waals surface area contributed by atoms with E-state index in [0.29, 0.717) is 0 Å². The highest BCUT2D eigenvalue weighted by Gasteiger charge is 2.03. The number of aromatic amines is 1. The Morgan fingerprint density at radius 3 is 3.00 bits per heavy atom. The number of hydrogen-bond acceptors (Lipinski definition) is 2. The van der Waals surface area contributed by atoms with Gasteiger partial charge in [-0.1, -0.05) is 12.1 Å². The number of aliphatic carboxylic acids is 1. The van der Waals surface area contributed by atoms with Crippen molar-refractivity contribution in [1.82, 2.24) is 4.98 Å². The summed E-state index contributed by atoms with van der Waals surface area (Å²) in [5.41, 5.74) is 1.61. The highest BCUT2D eigenvalue weighted by Crippen LogP contribution is 2.25. The molecule has 2 aromatic rings. The molecule has 16 heavy (non-hydrogen) atoms. The van der Waals surface area contributed by atoms with E-state index in [4.69, 9.17) is 9.84 Å². The summed E-state index contributed by atoms with van der Waals surface area (Å²) in [6.45, 7) is 0.